The van der Waals surface area contributed by atoms with E-state index >= 15 is 0 Å². The van der Waals surface area contributed by atoms with Gasteiger partial charge in [-0.25, -0.2) is 4.98 Å². The van der Waals surface area contributed by atoms with Crippen LogP contribution in [0.15, 0.2) is 43.0 Å². The second-order valence-corrected chi connectivity index (χ2v) is 6.01. The molecule has 1 aromatic heterocycles. The highest BCUT2D eigenvalue weighted by atomic mass is 16.5. The molecule has 5 heteroatoms. The van der Waals surface area contributed by atoms with E-state index in [0.29, 0.717) is 12.5 Å². The summed E-state index contributed by atoms with van der Waals surface area (Å²) < 4.78 is 7.94. The summed E-state index contributed by atoms with van der Waals surface area (Å²) in [5, 5.41) is 0. The Morgan fingerprint density at radius 2 is 2.23 bits per heavy atom. The molecule has 1 aromatic carbocycles. The number of hydrogen-bond donors (Lipinski definition) is 0. The third-order valence-electron chi connectivity index (χ3n) is 4.58. The van der Waals surface area contributed by atoms with Crippen LogP contribution in [0, 0.1) is 0 Å². The van der Waals surface area contributed by atoms with E-state index in [1.54, 1.807) is 6.20 Å². The maximum atomic E-state index is 12.8. The first-order valence-electron chi connectivity index (χ1n) is 7.82. The van der Waals surface area contributed by atoms with E-state index in [0.717, 1.165) is 37.2 Å². The molecular formula is C17H19N3O2. The summed E-state index contributed by atoms with van der Waals surface area (Å²) in [6, 6.07) is 8.23. The first-order chi connectivity index (χ1) is 10.8. The molecule has 2 aliphatic rings. The Balaban J connectivity index is 1.45. The summed E-state index contributed by atoms with van der Waals surface area (Å²) in [5.41, 5.74) is 1.13. The van der Waals surface area contributed by atoms with E-state index in [4.69, 9.17) is 4.74 Å². The number of hydrogen-bond acceptors (Lipinski definition) is 3. The predicted molar refractivity (Wildman–Crippen MR) is 81.6 cm³/mol. The number of ether oxygens (including phenoxy) is 1. The standard InChI is InChI=1S/C17H19N3O2/c21-17(16-10-13-4-1-2-6-15(13)22-16)19-8-3-5-14(11-19)20-9-7-18-12-20/h1-2,4,6-7,9,12,14,16H,3,5,8,10-11H2/t14-,16+/m1/s1. The van der Waals surface area contributed by atoms with Gasteiger partial charge in [0.25, 0.3) is 5.91 Å². The third-order valence-corrected chi connectivity index (χ3v) is 4.58. The number of nitrogens with zero attached hydrogens (tertiary/aromatic N) is 3. The number of amides is 1. The molecule has 0 saturated carbocycles. The van der Waals surface area contributed by atoms with Crippen LogP contribution in [0.25, 0.3) is 0 Å². The highest BCUT2D eigenvalue weighted by molar-refractivity contribution is 5.82. The molecule has 1 amide bonds. The Morgan fingerprint density at radius 3 is 3.05 bits per heavy atom. The maximum Gasteiger partial charge on any atom is 0.264 e. The van der Waals surface area contributed by atoms with Crippen molar-refractivity contribution < 1.29 is 9.53 Å². The van der Waals surface area contributed by atoms with Gasteiger partial charge in [0.1, 0.15) is 5.75 Å². The van der Waals surface area contributed by atoms with Gasteiger partial charge in [-0.15, -0.1) is 0 Å². The van der Waals surface area contributed by atoms with E-state index in [1.807, 2.05) is 41.7 Å². The number of carbonyl (C=O) groups excluding carboxylic acids is 1. The van der Waals surface area contributed by atoms with Crippen LogP contribution in [0.1, 0.15) is 24.4 Å². The molecule has 3 heterocycles. The fourth-order valence-corrected chi connectivity index (χ4v) is 3.41. The number of likely N-dealkylation sites (tertiary alicyclic amines) is 1. The van der Waals surface area contributed by atoms with Crippen molar-refractivity contribution in [3.8, 4) is 5.75 Å². The SMILES string of the molecule is O=C([C@@H]1Cc2ccccc2O1)N1CCC[C@@H](n2ccnc2)C1. The highest BCUT2D eigenvalue weighted by Crippen LogP contribution is 2.30. The Kier molecular flexibility index (Phi) is 3.33. The molecule has 0 bridgehead atoms. The van der Waals surface area contributed by atoms with Crippen LogP contribution in [-0.2, 0) is 11.2 Å². The number of piperidine rings is 1. The van der Waals surface area contributed by atoms with Gasteiger partial charge in [0, 0.05) is 31.9 Å². The molecule has 2 aromatic rings. The molecule has 5 nitrogen and oxygen atoms in total. The Hall–Kier alpha value is -2.30. The van der Waals surface area contributed by atoms with Gasteiger partial charge < -0.3 is 14.2 Å². The van der Waals surface area contributed by atoms with Gasteiger partial charge in [0.2, 0.25) is 0 Å². The molecule has 0 spiro atoms. The number of imidazole rings is 1. The highest BCUT2D eigenvalue weighted by Gasteiger charge is 2.34. The summed E-state index contributed by atoms with van der Waals surface area (Å²) in [4.78, 5) is 18.8. The van der Waals surface area contributed by atoms with Crippen molar-refractivity contribution in [3.05, 3.63) is 48.5 Å². The lowest BCUT2D eigenvalue weighted by molar-refractivity contribution is -0.139. The average Bonchev–Trinajstić information content (AvgIpc) is 3.23. The van der Waals surface area contributed by atoms with E-state index in [-0.39, 0.29) is 12.0 Å². The van der Waals surface area contributed by atoms with Crippen LogP contribution in [-0.4, -0.2) is 39.6 Å². The Labute approximate surface area is 129 Å². The summed E-state index contributed by atoms with van der Waals surface area (Å²) >= 11 is 0. The molecule has 2 atom stereocenters. The third kappa shape index (κ3) is 2.36. The van der Waals surface area contributed by atoms with E-state index < -0.39 is 0 Å². The van der Waals surface area contributed by atoms with E-state index in [2.05, 4.69) is 9.55 Å². The van der Waals surface area contributed by atoms with E-state index in [9.17, 15) is 4.79 Å². The molecule has 114 valence electrons. The molecule has 1 saturated heterocycles. The largest absolute Gasteiger partial charge is 0.480 e. The topological polar surface area (TPSA) is 47.4 Å². The number of aromatic nitrogens is 2. The molecule has 0 radical (unpaired) electrons. The van der Waals surface area contributed by atoms with Crippen LogP contribution >= 0.6 is 0 Å². The Morgan fingerprint density at radius 1 is 1.32 bits per heavy atom. The lowest BCUT2D eigenvalue weighted by atomic mass is 10.0. The van der Waals surface area contributed by atoms with Crippen molar-refractivity contribution in [1.82, 2.24) is 14.5 Å². The average molecular weight is 297 g/mol. The molecule has 0 aliphatic carbocycles. The van der Waals surface area contributed by atoms with Crippen molar-refractivity contribution >= 4 is 5.91 Å². The minimum Gasteiger partial charge on any atom is -0.480 e. The zero-order valence-corrected chi connectivity index (χ0v) is 12.4. The smallest absolute Gasteiger partial charge is 0.264 e. The van der Waals surface area contributed by atoms with Gasteiger partial charge in [-0.05, 0) is 24.5 Å². The van der Waals surface area contributed by atoms with Gasteiger partial charge in [-0.1, -0.05) is 18.2 Å². The van der Waals surface area contributed by atoms with Crippen LogP contribution in [0.3, 0.4) is 0 Å². The first kappa shape index (κ1) is 13.4. The minimum atomic E-state index is -0.362. The molecule has 0 N–H and O–H groups in total. The summed E-state index contributed by atoms with van der Waals surface area (Å²) in [6.07, 6.45) is 8.03. The lowest BCUT2D eigenvalue weighted by Crippen LogP contribution is -2.46. The van der Waals surface area contributed by atoms with Gasteiger partial charge in [0.05, 0.1) is 12.4 Å². The number of carbonyl (C=O) groups is 1. The molecule has 1 fully saturated rings. The summed E-state index contributed by atoms with van der Waals surface area (Å²) in [6.45, 7) is 1.56. The lowest BCUT2D eigenvalue weighted by Gasteiger charge is -2.34. The van der Waals surface area contributed by atoms with Crippen LogP contribution in [0.5, 0.6) is 5.75 Å². The molecule has 0 unspecified atom stereocenters. The zero-order valence-electron chi connectivity index (χ0n) is 12.4. The molecule has 2 aliphatic heterocycles. The fraction of sp³-hybridized carbons (Fsp3) is 0.412. The van der Waals surface area contributed by atoms with Crippen molar-refractivity contribution in [3.63, 3.8) is 0 Å². The second kappa shape index (κ2) is 5.48. The quantitative estimate of drug-likeness (QED) is 0.852. The van der Waals surface area contributed by atoms with Crippen molar-refractivity contribution in [2.45, 2.75) is 31.4 Å². The molecule has 22 heavy (non-hydrogen) atoms. The normalized spacial score (nSPS) is 23.9. The van der Waals surface area contributed by atoms with Crippen molar-refractivity contribution in [2.24, 2.45) is 0 Å². The second-order valence-electron chi connectivity index (χ2n) is 6.01. The first-order valence-corrected chi connectivity index (χ1v) is 7.82. The van der Waals surface area contributed by atoms with Gasteiger partial charge in [-0.2, -0.15) is 0 Å². The van der Waals surface area contributed by atoms with E-state index in [1.165, 1.54) is 0 Å². The Bertz CT molecular complexity index is 643. The molecular weight excluding hydrogens is 278 g/mol. The number of fused-ring (bicyclic) bond motifs is 1. The van der Waals surface area contributed by atoms with Crippen LogP contribution < -0.4 is 4.74 Å². The minimum absolute atomic E-state index is 0.112. The predicted octanol–water partition coefficient (Wildman–Crippen LogP) is 2.05. The number of para-hydroxylation sites is 1. The van der Waals surface area contributed by atoms with Crippen molar-refractivity contribution in [2.75, 3.05) is 13.1 Å². The zero-order chi connectivity index (χ0) is 14.9. The van der Waals surface area contributed by atoms with Gasteiger partial charge >= 0.3 is 0 Å². The summed E-state index contributed by atoms with van der Waals surface area (Å²) in [7, 11) is 0. The number of rotatable bonds is 2. The van der Waals surface area contributed by atoms with Crippen LogP contribution in [0.2, 0.25) is 0 Å². The van der Waals surface area contributed by atoms with Crippen LogP contribution in [0.4, 0.5) is 0 Å². The number of benzene rings is 1. The fourth-order valence-electron chi connectivity index (χ4n) is 3.41. The summed E-state index contributed by atoms with van der Waals surface area (Å²) in [5.74, 6) is 0.963. The maximum absolute atomic E-state index is 12.8. The monoisotopic (exact) mass is 297 g/mol. The molecule has 4 rings (SSSR count). The van der Waals surface area contributed by atoms with Gasteiger partial charge in [-0.3, -0.25) is 4.79 Å². The van der Waals surface area contributed by atoms with Gasteiger partial charge in [0.15, 0.2) is 6.10 Å². The van der Waals surface area contributed by atoms with Crippen molar-refractivity contribution in [1.29, 1.82) is 0 Å².